The molecule has 0 nitrogen and oxygen atoms in total. The maximum atomic E-state index is 5.40. The molecule has 0 rings (SSSR count). The summed E-state index contributed by atoms with van der Waals surface area (Å²) in [4.78, 5) is 0. The van der Waals surface area contributed by atoms with Gasteiger partial charge in [-0.25, -0.2) is 0 Å². The summed E-state index contributed by atoms with van der Waals surface area (Å²) >= 11 is 5.40. The van der Waals surface area contributed by atoms with E-state index in [2.05, 4.69) is 26.0 Å². The van der Waals surface area contributed by atoms with Crippen molar-refractivity contribution >= 4 is 11.6 Å². The van der Waals surface area contributed by atoms with E-state index in [1.165, 1.54) is 16.7 Å². The van der Waals surface area contributed by atoms with Crippen LogP contribution < -0.4 is 0 Å². The molecule has 0 atom stereocenters. The van der Waals surface area contributed by atoms with E-state index in [-0.39, 0.29) is 0 Å². The van der Waals surface area contributed by atoms with Crippen LogP contribution in [0, 0.1) is 0 Å². The van der Waals surface area contributed by atoms with Crippen molar-refractivity contribution in [1.29, 1.82) is 0 Å². The molecule has 0 aliphatic carbocycles. The van der Waals surface area contributed by atoms with Crippen LogP contribution in [0.3, 0.4) is 0 Å². The molecule has 0 unspecified atom stereocenters. The minimum absolute atomic E-state index is 0.995. The molecule has 0 aliphatic rings. The summed E-state index contributed by atoms with van der Waals surface area (Å²) in [6, 6.07) is 0. The fourth-order valence-corrected chi connectivity index (χ4v) is 0.847. The fourth-order valence-electron chi connectivity index (χ4n) is 0.648. The fraction of sp³-hybridized carbons (Fsp3) is 0.400. The summed E-state index contributed by atoms with van der Waals surface area (Å²) in [6.45, 7) is 6.23. The van der Waals surface area contributed by atoms with E-state index in [0.717, 1.165) is 6.42 Å². The van der Waals surface area contributed by atoms with Crippen molar-refractivity contribution in [3.8, 4) is 0 Å². The van der Waals surface area contributed by atoms with Gasteiger partial charge in [0.15, 0.2) is 0 Å². The van der Waals surface area contributed by atoms with E-state index >= 15 is 0 Å². The van der Waals surface area contributed by atoms with Gasteiger partial charge in [-0.3, -0.25) is 0 Å². The highest BCUT2D eigenvalue weighted by Gasteiger charge is 1.79. The molecule has 0 saturated heterocycles. The summed E-state index contributed by atoms with van der Waals surface area (Å²) in [7, 11) is 0. The lowest BCUT2D eigenvalue weighted by atomic mass is 10.2. The minimum atomic E-state index is 0.995. The van der Waals surface area contributed by atoms with E-state index in [1.54, 1.807) is 0 Å². The average Bonchev–Trinajstić information content (AvgIpc) is 1.87. The smallest absolute Gasteiger partial charge is 0.00449 e. The Morgan fingerprint density at radius 3 is 2.27 bits per heavy atom. The molecule has 62 valence electrons. The van der Waals surface area contributed by atoms with E-state index in [0.29, 0.717) is 0 Å². The Labute approximate surface area is 74.3 Å². The van der Waals surface area contributed by atoms with Crippen LogP contribution >= 0.6 is 11.6 Å². The van der Waals surface area contributed by atoms with Gasteiger partial charge in [-0.2, -0.15) is 0 Å². The van der Waals surface area contributed by atoms with Gasteiger partial charge in [0.1, 0.15) is 0 Å². The predicted octanol–water partition coefficient (Wildman–Crippen LogP) is 4.04. The van der Waals surface area contributed by atoms with Gasteiger partial charge in [0.25, 0.3) is 0 Å². The first kappa shape index (κ1) is 10.5. The average molecular weight is 171 g/mol. The molecule has 0 fully saturated rings. The van der Waals surface area contributed by atoms with E-state index < -0.39 is 0 Å². The van der Waals surface area contributed by atoms with Crippen molar-refractivity contribution in [1.82, 2.24) is 0 Å². The summed E-state index contributed by atoms with van der Waals surface area (Å²) in [5, 5.41) is 0. The van der Waals surface area contributed by atoms with Crippen LogP contribution in [0.25, 0.3) is 0 Å². The normalized spacial score (nSPS) is 12.2. The Morgan fingerprint density at radius 2 is 1.82 bits per heavy atom. The van der Waals surface area contributed by atoms with Crippen molar-refractivity contribution in [2.75, 3.05) is 0 Å². The van der Waals surface area contributed by atoms with Crippen molar-refractivity contribution in [3.63, 3.8) is 0 Å². The predicted molar refractivity (Wildman–Crippen MR) is 52.8 cm³/mol. The van der Waals surface area contributed by atoms with Gasteiger partial charge in [0, 0.05) is 5.54 Å². The molecule has 0 bridgehead atoms. The second-order valence-corrected chi connectivity index (χ2v) is 3.01. The highest BCUT2D eigenvalue weighted by atomic mass is 35.5. The van der Waals surface area contributed by atoms with Crippen LogP contribution in [-0.4, -0.2) is 0 Å². The standard InChI is InChI=1S/C10H15Cl/c1-9(2)5-4-6-10(3)7-8-11/h5-8H,4H2,1-3H3/b8-7+,10-6-. The van der Waals surface area contributed by atoms with E-state index in [9.17, 15) is 0 Å². The third-order valence-electron chi connectivity index (χ3n) is 1.29. The molecule has 0 aromatic carbocycles. The second kappa shape index (κ2) is 6.23. The Kier molecular flexibility index (Phi) is 5.96. The molecule has 0 heterocycles. The largest absolute Gasteiger partial charge is 0.0929 e. The highest BCUT2D eigenvalue weighted by molar-refractivity contribution is 6.25. The lowest BCUT2D eigenvalue weighted by Crippen LogP contribution is -1.68. The molecule has 0 saturated carbocycles. The monoisotopic (exact) mass is 170 g/mol. The number of hydrogen-bond acceptors (Lipinski definition) is 0. The van der Waals surface area contributed by atoms with Crippen molar-refractivity contribution in [2.24, 2.45) is 0 Å². The third-order valence-corrected chi connectivity index (χ3v) is 1.42. The molecule has 1 heteroatoms. The quantitative estimate of drug-likeness (QED) is 0.443. The van der Waals surface area contributed by atoms with Gasteiger partial charge >= 0.3 is 0 Å². The molecule has 11 heavy (non-hydrogen) atoms. The van der Waals surface area contributed by atoms with Gasteiger partial charge in [-0.05, 0) is 33.3 Å². The van der Waals surface area contributed by atoms with Gasteiger partial charge in [-0.1, -0.05) is 34.9 Å². The third kappa shape index (κ3) is 7.41. The molecule has 0 aromatic heterocycles. The Bertz CT molecular complexity index is 181. The summed E-state index contributed by atoms with van der Waals surface area (Å²) < 4.78 is 0. The van der Waals surface area contributed by atoms with E-state index in [1.807, 2.05) is 13.0 Å². The zero-order valence-electron chi connectivity index (χ0n) is 7.39. The van der Waals surface area contributed by atoms with Crippen molar-refractivity contribution in [3.05, 3.63) is 34.9 Å². The zero-order valence-corrected chi connectivity index (χ0v) is 8.15. The Hall–Kier alpha value is -0.490. The van der Waals surface area contributed by atoms with Gasteiger partial charge in [-0.15, -0.1) is 0 Å². The first-order valence-corrected chi connectivity index (χ1v) is 4.17. The lowest BCUT2D eigenvalue weighted by molar-refractivity contribution is 1.26. The summed E-state index contributed by atoms with van der Waals surface area (Å²) in [6.07, 6.45) is 7.22. The molecule has 0 amide bonds. The van der Waals surface area contributed by atoms with Crippen LogP contribution in [0.4, 0.5) is 0 Å². The molecule has 0 radical (unpaired) electrons. The van der Waals surface area contributed by atoms with E-state index in [4.69, 9.17) is 11.6 Å². The first-order valence-electron chi connectivity index (χ1n) is 3.73. The molecular weight excluding hydrogens is 156 g/mol. The topological polar surface area (TPSA) is 0 Å². The van der Waals surface area contributed by atoms with Crippen LogP contribution in [0.2, 0.25) is 0 Å². The van der Waals surface area contributed by atoms with Crippen LogP contribution in [0.5, 0.6) is 0 Å². The van der Waals surface area contributed by atoms with Crippen LogP contribution in [0.15, 0.2) is 34.9 Å². The second-order valence-electron chi connectivity index (χ2n) is 2.76. The number of hydrogen-bond donors (Lipinski definition) is 0. The lowest BCUT2D eigenvalue weighted by Gasteiger charge is -1.89. The van der Waals surface area contributed by atoms with Gasteiger partial charge in [0.2, 0.25) is 0 Å². The van der Waals surface area contributed by atoms with Crippen molar-refractivity contribution in [2.45, 2.75) is 27.2 Å². The SMILES string of the molecule is CC(C)=CC/C=C(C)\C=C\Cl. The Morgan fingerprint density at radius 1 is 1.18 bits per heavy atom. The minimum Gasteiger partial charge on any atom is -0.0929 e. The summed E-state index contributed by atoms with van der Waals surface area (Å²) in [5.41, 5.74) is 4.09. The molecule has 0 spiro atoms. The van der Waals surface area contributed by atoms with Gasteiger partial charge < -0.3 is 0 Å². The maximum absolute atomic E-state index is 5.40. The number of rotatable bonds is 3. The molecular formula is C10H15Cl. The molecule has 0 aliphatic heterocycles. The van der Waals surface area contributed by atoms with Crippen molar-refractivity contribution < 1.29 is 0 Å². The zero-order chi connectivity index (χ0) is 8.69. The summed E-state index contributed by atoms with van der Waals surface area (Å²) in [5.74, 6) is 0. The highest BCUT2D eigenvalue weighted by Crippen LogP contribution is 2.01. The molecule has 0 aromatic rings. The Balaban J connectivity index is 3.83. The van der Waals surface area contributed by atoms with Crippen LogP contribution in [0.1, 0.15) is 27.2 Å². The number of allylic oxidation sites excluding steroid dienone is 5. The first-order chi connectivity index (χ1) is 5.16. The van der Waals surface area contributed by atoms with Crippen LogP contribution in [-0.2, 0) is 0 Å². The maximum Gasteiger partial charge on any atom is 0.00449 e. The molecule has 0 N–H and O–H groups in total. The van der Waals surface area contributed by atoms with Gasteiger partial charge in [0.05, 0.1) is 0 Å². The number of halogens is 1.